The van der Waals surface area contributed by atoms with Gasteiger partial charge in [0, 0.05) is 0 Å². The molecule has 0 bridgehead atoms. The first-order valence-electron chi connectivity index (χ1n) is 7.64. The van der Waals surface area contributed by atoms with Gasteiger partial charge in [-0.2, -0.15) is 0 Å². The second-order valence-corrected chi connectivity index (χ2v) is 6.10. The molecule has 0 rings (SSSR count). The molecular formula is C16H32O2. The molecule has 2 nitrogen and oxygen atoms in total. The van der Waals surface area contributed by atoms with Crippen LogP contribution in [-0.4, -0.2) is 12.6 Å². The second-order valence-electron chi connectivity index (χ2n) is 6.10. The van der Waals surface area contributed by atoms with Gasteiger partial charge in [0.05, 0.1) is 12.5 Å². The van der Waals surface area contributed by atoms with Gasteiger partial charge < -0.3 is 4.74 Å². The van der Waals surface area contributed by atoms with Crippen LogP contribution in [0.25, 0.3) is 0 Å². The molecule has 0 aromatic carbocycles. The van der Waals surface area contributed by atoms with Gasteiger partial charge in [-0.3, -0.25) is 4.79 Å². The Kier molecular flexibility index (Phi) is 10.1. The van der Waals surface area contributed by atoms with Crippen molar-refractivity contribution >= 4 is 5.97 Å². The van der Waals surface area contributed by atoms with Gasteiger partial charge >= 0.3 is 5.97 Å². The number of carbonyl (C=O) groups excluding carboxylic acids is 1. The van der Waals surface area contributed by atoms with Gasteiger partial charge in [0.2, 0.25) is 0 Å². The summed E-state index contributed by atoms with van der Waals surface area (Å²) < 4.78 is 5.38. The lowest BCUT2D eigenvalue weighted by Gasteiger charge is -2.15. The van der Waals surface area contributed by atoms with Crippen LogP contribution in [0.4, 0.5) is 0 Å². The van der Waals surface area contributed by atoms with Crippen molar-refractivity contribution in [2.75, 3.05) is 6.61 Å². The van der Waals surface area contributed by atoms with Crippen LogP contribution in [0.5, 0.6) is 0 Å². The molecule has 0 aliphatic rings. The van der Waals surface area contributed by atoms with Crippen molar-refractivity contribution in [1.82, 2.24) is 0 Å². The van der Waals surface area contributed by atoms with E-state index in [1.165, 1.54) is 12.8 Å². The first-order valence-corrected chi connectivity index (χ1v) is 7.64. The smallest absolute Gasteiger partial charge is 0.308 e. The van der Waals surface area contributed by atoms with E-state index in [1.807, 2.05) is 6.92 Å². The van der Waals surface area contributed by atoms with E-state index in [-0.39, 0.29) is 11.9 Å². The normalized spacial score (nSPS) is 14.6. The summed E-state index contributed by atoms with van der Waals surface area (Å²) in [5.74, 6) is 1.31. The zero-order valence-electron chi connectivity index (χ0n) is 13.0. The van der Waals surface area contributed by atoms with Gasteiger partial charge in [-0.25, -0.2) is 0 Å². The predicted octanol–water partition coefficient (Wildman–Crippen LogP) is 4.82. The van der Waals surface area contributed by atoms with E-state index in [0.29, 0.717) is 12.5 Å². The first kappa shape index (κ1) is 17.5. The highest BCUT2D eigenvalue weighted by atomic mass is 16.5. The number of ether oxygens (including phenoxy) is 1. The highest BCUT2D eigenvalue weighted by Gasteiger charge is 2.15. The van der Waals surface area contributed by atoms with Crippen molar-refractivity contribution in [2.45, 2.75) is 73.1 Å². The summed E-state index contributed by atoms with van der Waals surface area (Å²) in [5, 5.41) is 0. The third-order valence-corrected chi connectivity index (χ3v) is 3.38. The average molecular weight is 256 g/mol. The monoisotopic (exact) mass is 256 g/mol. The zero-order chi connectivity index (χ0) is 14.0. The van der Waals surface area contributed by atoms with Crippen molar-refractivity contribution < 1.29 is 9.53 Å². The molecule has 18 heavy (non-hydrogen) atoms. The van der Waals surface area contributed by atoms with Crippen molar-refractivity contribution in [1.29, 1.82) is 0 Å². The third-order valence-electron chi connectivity index (χ3n) is 3.38. The van der Waals surface area contributed by atoms with E-state index in [9.17, 15) is 4.79 Å². The molecule has 0 N–H and O–H groups in total. The molecule has 108 valence electrons. The number of hydrogen-bond donors (Lipinski definition) is 0. The molecule has 0 aliphatic heterocycles. The molecule has 0 spiro atoms. The van der Waals surface area contributed by atoms with Crippen molar-refractivity contribution in [3.63, 3.8) is 0 Å². The van der Waals surface area contributed by atoms with E-state index in [1.54, 1.807) is 0 Å². The summed E-state index contributed by atoms with van der Waals surface area (Å²) >= 11 is 0. The Bertz CT molecular complexity index is 211. The van der Waals surface area contributed by atoms with Crippen LogP contribution in [0.2, 0.25) is 0 Å². The Morgan fingerprint density at radius 1 is 1.00 bits per heavy atom. The molecule has 0 saturated carbocycles. The van der Waals surface area contributed by atoms with Crippen LogP contribution < -0.4 is 0 Å². The van der Waals surface area contributed by atoms with Crippen LogP contribution in [0.15, 0.2) is 0 Å². The van der Waals surface area contributed by atoms with Crippen LogP contribution in [-0.2, 0) is 9.53 Å². The highest BCUT2D eigenvalue weighted by Crippen LogP contribution is 2.14. The molecule has 0 radical (unpaired) electrons. The lowest BCUT2D eigenvalue weighted by Crippen LogP contribution is -2.18. The van der Waals surface area contributed by atoms with Crippen LogP contribution in [0, 0.1) is 17.8 Å². The van der Waals surface area contributed by atoms with Crippen LogP contribution in [0.3, 0.4) is 0 Å². The van der Waals surface area contributed by atoms with E-state index in [4.69, 9.17) is 4.74 Å². The Labute approximate surface area is 113 Å². The average Bonchev–Trinajstić information content (AvgIpc) is 2.32. The van der Waals surface area contributed by atoms with Crippen molar-refractivity contribution in [2.24, 2.45) is 17.8 Å². The largest absolute Gasteiger partial charge is 0.465 e. The highest BCUT2D eigenvalue weighted by molar-refractivity contribution is 5.71. The minimum absolute atomic E-state index is 0.0147. The SMILES string of the molecule is CCCCC(C)C(=O)OCC(C)CCCC(C)C. The van der Waals surface area contributed by atoms with Gasteiger partial charge in [-0.15, -0.1) is 0 Å². The maximum Gasteiger partial charge on any atom is 0.308 e. The molecule has 0 aromatic rings. The van der Waals surface area contributed by atoms with E-state index in [2.05, 4.69) is 27.7 Å². The first-order chi connectivity index (χ1) is 8.47. The Hall–Kier alpha value is -0.530. The van der Waals surface area contributed by atoms with E-state index in [0.717, 1.165) is 31.6 Å². The lowest BCUT2D eigenvalue weighted by atomic mass is 10.0. The Balaban J connectivity index is 3.64. The lowest BCUT2D eigenvalue weighted by molar-refractivity contribution is -0.149. The maximum absolute atomic E-state index is 11.7. The third kappa shape index (κ3) is 9.49. The molecule has 0 aliphatic carbocycles. The zero-order valence-corrected chi connectivity index (χ0v) is 13.0. The van der Waals surface area contributed by atoms with Crippen LogP contribution >= 0.6 is 0 Å². The summed E-state index contributed by atoms with van der Waals surface area (Å²) in [6.07, 6.45) is 6.88. The fourth-order valence-electron chi connectivity index (χ4n) is 1.95. The summed E-state index contributed by atoms with van der Waals surface area (Å²) in [4.78, 5) is 11.7. The van der Waals surface area contributed by atoms with Gasteiger partial charge in [-0.1, -0.05) is 60.3 Å². The second kappa shape index (κ2) is 10.4. The van der Waals surface area contributed by atoms with Gasteiger partial charge in [0.15, 0.2) is 0 Å². The Morgan fingerprint density at radius 3 is 2.22 bits per heavy atom. The van der Waals surface area contributed by atoms with Crippen LogP contribution in [0.1, 0.15) is 73.1 Å². The number of esters is 1. The Morgan fingerprint density at radius 2 is 1.67 bits per heavy atom. The maximum atomic E-state index is 11.7. The molecule has 2 heteroatoms. The summed E-state index contributed by atoms with van der Waals surface area (Å²) in [6.45, 7) is 11.4. The number of rotatable bonds is 10. The summed E-state index contributed by atoms with van der Waals surface area (Å²) in [5.41, 5.74) is 0. The topological polar surface area (TPSA) is 26.3 Å². The minimum atomic E-state index is -0.0147. The standard InChI is InChI=1S/C16H32O2/c1-6-7-11-15(5)16(17)18-12-14(4)10-8-9-13(2)3/h13-15H,6-12H2,1-5H3. The number of hydrogen-bond acceptors (Lipinski definition) is 2. The van der Waals surface area contributed by atoms with E-state index >= 15 is 0 Å². The molecular weight excluding hydrogens is 224 g/mol. The minimum Gasteiger partial charge on any atom is -0.465 e. The molecule has 2 atom stereocenters. The van der Waals surface area contributed by atoms with E-state index < -0.39 is 0 Å². The summed E-state index contributed by atoms with van der Waals surface area (Å²) in [7, 11) is 0. The molecule has 0 fully saturated rings. The number of unbranched alkanes of at least 4 members (excludes halogenated alkanes) is 1. The summed E-state index contributed by atoms with van der Waals surface area (Å²) in [6, 6.07) is 0. The van der Waals surface area contributed by atoms with Gasteiger partial charge in [-0.05, 0) is 24.7 Å². The van der Waals surface area contributed by atoms with Gasteiger partial charge in [0.1, 0.15) is 0 Å². The molecule has 0 amide bonds. The molecule has 0 aromatic heterocycles. The van der Waals surface area contributed by atoms with Crippen molar-refractivity contribution in [3.8, 4) is 0 Å². The quantitative estimate of drug-likeness (QED) is 0.524. The van der Waals surface area contributed by atoms with Crippen molar-refractivity contribution in [3.05, 3.63) is 0 Å². The number of carbonyl (C=O) groups is 1. The fraction of sp³-hybridized carbons (Fsp3) is 0.938. The molecule has 0 heterocycles. The molecule has 0 saturated heterocycles. The fourth-order valence-corrected chi connectivity index (χ4v) is 1.95. The van der Waals surface area contributed by atoms with Gasteiger partial charge in [0.25, 0.3) is 0 Å². The predicted molar refractivity (Wildman–Crippen MR) is 77.5 cm³/mol. The molecule has 2 unspecified atom stereocenters.